The first kappa shape index (κ1) is 16.0. The molecule has 24 heavy (non-hydrogen) atoms. The molecule has 0 bridgehead atoms. The summed E-state index contributed by atoms with van der Waals surface area (Å²) in [6.07, 6.45) is -1.34. The van der Waals surface area contributed by atoms with Gasteiger partial charge in [-0.3, -0.25) is 4.84 Å². The molecule has 0 amide bonds. The molecule has 0 radical (unpaired) electrons. The Morgan fingerprint density at radius 3 is 2.54 bits per heavy atom. The highest BCUT2D eigenvalue weighted by Crippen LogP contribution is 2.39. The third kappa shape index (κ3) is 3.38. The molecule has 0 saturated carbocycles. The summed E-state index contributed by atoms with van der Waals surface area (Å²) in [6, 6.07) is 15.3. The van der Waals surface area contributed by atoms with Crippen molar-refractivity contribution in [3.63, 3.8) is 0 Å². The number of benzene rings is 2. The van der Waals surface area contributed by atoms with Crippen molar-refractivity contribution >= 4 is 11.7 Å². The third-order valence-electron chi connectivity index (χ3n) is 3.48. The van der Waals surface area contributed by atoms with E-state index in [0.717, 1.165) is 5.56 Å². The van der Waals surface area contributed by atoms with Crippen LogP contribution >= 0.6 is 0 Å². The van der Waals surface area contributed by atoms with E-state index in [1.54, 1.807) is 19.1 Å². The molecule has 1 aliphatic heterocycles. The Labute approximate surface area is 138 Å². The fourth-order valence-electron chi connectivity index (χ4n) is 2.43. The van der Waals surface area contributed by atoms with Crippen molar-refractivity contribution in [1.29, 1.82) is 0 Å². The summed E-state index contributed by atoms with van der Waals surface area (Å²) in [4.78, 5) is 17.2. The topological polar surface area (TPSA) is 56.8 Å². The molecule has 6 heteroatoms. The molecule has 124 valence electrons. The first-order valence-corrected chi connectivity index (χ1v) is 7.50. The van der Waals surface area contributed by atoms with Gasteiger partial charge >= 0.3 is 6.16 Å². The molecule has 1 atom stereocenters. The quantitative estimate of drug-likeness (QED) is 0.861. The van der Waals surface area contributed by atoms with Gasteiger partial charge in [-0.05, 0) is 30.2 Å². The highest BCUT2D eigenvalue weighted by Gasteiger charge is 2.32. The fraction of sp³-hybridized carbons (Fsp3) is 0.167. The second-order valence-electron chi connectivity index (χ2n) is 5.05. The van der Waals surface area contributed by atoms with E-state index < -0.39 is 12.3 Å². The summed E-state index contributed by atoms with van der Waals surface area (Å²) in [7, 11) is 0. The number of hydrogen-bond acceptors (Lipinski definition) is 5. The fourth-order valence-corrected chi connectivity index (χ4v) is 2.43. The van der Waals surface area contributed by atoms with Crippen LogP contribution in [0, 0.1) is 5.82 Å². The van der Waals surface area contributed by atoms with Crippen LogP contribution in [0.3, 0.4) is 0 Å². The number of nitrogens with one attached hydrogen (secondary N) is 1. The number of ether oxygens (including phenoxy) is 2. The van der Waals surface area contributed by atoms with Crippen molar-refractivity contribution in [2.45, 2.75) is 13.0 Å². The van der Waals surface area contributed by atoms with E-state index >= 15 is 0 Å². The molecule has 0 spiro atoms. The van der Waals surface area contributed by atoms with Crippen molar-refractivity contribution in [2.75, 3.05) is 6.61 Å². The molecular formula is C18H16FNO4. The Kier molecular flexibility index (Phi) is 4.77. The van der Waals surface area contributed by atoms with Crippen molar-refractivity contribution in [3.8, 4) is 0 Å². The van der Waals surface area contributed by atoms with E-state index in [1.165, 1.54) is 12.1 Å². The molecule has 0 aliphatic carbocycles. The first-order chi connectivity index (χ1) is 11.7. The van der Waals surface area contributed by atoms with Gasteiger partial charge in [-0.25, -0.2) is 14.7 Å². The minimum atomic E-state index is -0.836. The van der Waals surface area contributed by atoms with E-state index in [-0.39, 0.29) is 18.3 Å². The average Bonchev–Trinajstić information content (AvgIpc) is 3.00. The second kappa shape index (κ2) is 7.14. The zero-order chi connectivity index (χ0) is 16.9. The van der Waals surface area contributed by atoms with Crippen LogP contribution in [0.5, 0.6) is 0 Å². The summed E-state index contributed by atoms with van der Waals surface area (Å²) in [5.41, 5.74) is 4.76. The van der Waals surface area contributed by atoms with Crippen molar-refractivity contribution in [2.24, 2.45) is 0 Å². The lowest BCUT2D eigenvalue weighted by molar-refractivity contribution is 0.0107. The Morgan fingerprint density at radius 1 is 1.17 bits per heavy atom. The van der Waals surface area contributed by atoms with Crippen LogP contribution in [-0.4, -0.2) is 12.8 Å². The molecule has 1 N–H and O–H groups in total. The SMILES string of the molecule is CCOC(=O)OC1=C(c2ccc(F)cc2)C(c2ccccc2)ON1. The Balaban J connectivity index is 2.00. The second-order valence-corrected chi connectivity index (χ2v) is 5.05. The number of hydroxylamine groups is 1. The van der Waals surface area contributed by atoms with Gasteiger partial charge < -0.3 is 9.47 Å². The van der Waals surface area contributed by atoms with E-state index in [9.17, 15) is 9.18 Å². The minimum Gasteiger partial charge on any atom is -0.434 e. The number of carbonyl (C=O) groups is 1. The lowest BCUT2D eigenvalue weighted by Gasteiger charge is -2.13. The van der Waals surface area contributed by atoms with Crippen LogP contribution in [0.25, 0.3) is 5.57 Å². The molecule has 2 aromatic carbocycles. The van der Waals surface area contributed by atoms with Gasteiger partial charge in [-0.1, -0.05) is 42.5 Å². The summed E-state index contributed by atoms with van der Waals surface area (Å²) >= 11 is 0. The third-order valence-corrected chi connectivity index (χ3v) is 3.48. The lowest BCUT2D eigenvalue weighted by atomic mass is 9.96. The van der Waals surface area contributed by atoms with Crippen LogP contribution in [0.2, 0.25) is 0 Å². The molecule has 5 nitrogen and oxygen atoms in total. The van der Waals surface area contributed by atoms with E-state index in [2.05, 4.69) is 5.48 Å². The highest BCUT2D eigenvalue weighted by molar-refractivity contribution is 5.75. The summed E-state index contributed by atoms with van der Waals surface area (Å²) < 4.78 is 23.2. The van der Waals surface area contributed by atoms with Gasteiger partial charge in [-0.15, -0.1) is 0 Å². The largest absolute Gasteiger partial charge is 0.515 e. The van der Waals surface area contributed by atoms with Crippen molar-refractivity contribution in [3.05, 3.63) is 77.4 Å². The number of carbonyl (C=O) groups excluding carboxylic acids is 1. The Morgan fingerprint density at radius 2 is 1.88 bits per heavy atom. The Hall–Kier alpha value is -2.86. The molecule has 0 aromatic heterocycles. The summed E-state index contributed by atoms with van der Waals surface area (Å²) in [6.45, 7) is 1.88. The molecule has 0 saturated heterocycles. The van der Waals surface area contributed by atoms with Gasteiger partial charge in [0.1, 0.15) is 11.9 Å². The van der Waals surface area contributed by atoms with Gasteiger partial charge in [0, 0.05) is 0 Å². The van der Waals surface area contributed by atoms with Crippen LogP contribution < -0.4 is 5.48 Å². The summed E-state index contributed by atoms with van der Waals surface area (Å²) in [5.74, 6) is -0.218. The molecule has 1 unspecified atom stereocenters. The van der Waals surface area contributed by atoms with Crippen LogP contribution in [0.4, 0.5) is 9.18 Å². The molecule has 2 aromatic rings. The maximum absolute atomic E-state index is 13.2. The van der Waals surface area contributed by atoms with Crippen LogP contribution in [0.1, 0.15) is 24.2 Å². The van der Waals surface area contributed by atoms with Gasteiger partial charge in [0.05, 0.1) is 12.2 Å². The standard InChI is InChI=1S/C18H16FNO4/c1-2-22-18(21)23-17-15(12-8-10-14(19)11-9-12)16(24-20-17)13-6-4-3-5-7-13/h3-11,16,20H,2H2,1H3. The van der Waals surface area contributed by atoms with Crippen molar-refractivity contribution < 1.29 is 23.5 Å². The maximum atomic E-state index is 13.2. The maximum Gasteiger partial charge on any atom is 0.515 e. The van der Waals surface area contributed by atoms with E-state index in [4.69, 9.17) is 14.3 Å². The van der Waals surface area contributed by atoms with Gasteiger partial charge in [0.2, 0.25) is 5.88 Å². The zero-order valence-electron chi connectivity index (χ0n) is 13.0. The number of halogens is 1. The van der Waals surface area contributed by atoms with Gasteiger partial charge in [-0.2, -0.15) is 0 Å². The van der Waals surface area contributed by atoms with Gasteiger partial charge in [0.25, 0.3) is 0 Å². The molecule has 1 aliphatic rings. The predicted octanol–water partition coefficient (Wildman–Crippen LogP) is 3.94. The smallest absolute Gasteiger partial charge is 0.434 e. The van der Waals surface area contributed by atoms with Crippen LogP contribution in [0.15, 0.2) is 60.5 Å². The average molecular weight is 329 g/mol. The minimum absolute atomic E-state index is 0.133. The Bertz CT molecular complexity index is 743. The predicted molar refractivity (Wildman–Crippen MR) is 84.8 cm³/mol. The highest BCUT2D eigenvalue weighted by atomic mass is 19.1. The number of hydrogen-bond donors (Lipinski definition) is 1. The molecule has 1 heterocycles. The molecular weight excluding hydrogens is 313 g/mol. The summed E-state index contributed by atoms with van der Waals surface area (Å²) in [5, 5.41) is 0. The van der Waals surface area contributed by atoms with E-state index in [0.29, 0.717) is 11.1 Å². The number of rotatable bonds is 4. The van der Waals surface area contributed by atoms with Crippen molar-refractivity contribution in [1.82, 2.24) is 5.48 Å². The first-order valence-electron chi connectivity index (χ1n) is 7.50. The van der Waals surface area contributed by atoms with E-state index in [1.807, 2.05) is 30.3 Å². The molecule has 0 fully saturated rings. The lowest BCUT2D eigenvalue weighted by Crippen LogP contribution is -2.15. The monoisotopic (exact) mass is 329 g/mol. The zero-order valence-corrected chi connectivity index (χ0v) is 13.0. The normalized spacial score (nSPS) is 16.7. The van der Waals surface area contributed by atoms with Crippen LogP contribution in [-0.2, 0) is 14.3 Å². The van der Waals surface area contributed by atoms with Gasteiger partial charge in [0.15, 0.2) is 0 Å². The molecule has 3 rings (SSSR count).